The molecule has 136 valence electrons. The Morgan fingerprint density at radius 3 is 3.00 bits per heavy atom. The number of imidazole rings is 1. The number of piperidine rings is 1. The average molecular weight is 342 g/mol. The summed E-state index contributed by atoms with van der Waals surface area (Å²) in [6.45, 7) is 6.32. The van der Waals surface area contributed by atoms with E-state index in [0.717, 1.165) is 38.1 Å². The van der Waals surface area contributed by atoms with Gasteiger partial charge in [-0.1, -0.05) is 25.5 Å². The van der Waals surface area contributed by atoms with Crippen molar-refractivity contribution >= 4 is 16.9 Å². The maximum atomic E-state index is 11.1. The third-order valence-corrected chi connectivity index (χ3v) is 5.24. The van der Waals surface area contributed by atoms with Crippen LogP contribution < -0.4 is 5.73 Å². The van der Waals surface area contributed by atoms with Crippen LogP contribution in [0, 0.1) is 5.92 Å². The third kappa shape index (κ3) is 4.60. The fourth-order valence-corrected chi connectivity index (χ4v) is 3.89. The van der Waals surface area contributed by atoms with E-state index in [9.17, 15) is 4.79 Å². The van der Waals surface area contributed by atoms with Crippen LogP contribution >= 0.6 is 0 Å². The molecule has 5 heteroatoms. The second kappa shape index (κ2) is 8.48. The number of hydrogen-bond acceptors (Lipinski definition) is 3. The van der Waals surface area contributed by atoms with E-state index in [4.69, 9.17) is 10.7 Å². The summed E-state index contributed by atoms with van der Waals surface area (Å²) in [5, 5.41) is 0. The van der Waals surface area contributed by atoms with Crippen molar-refractivity contribution in [2.45, 2.75) is 58.5 Å². The summed E-state index contributed by atoms with van der Waals surface area (Å²) >= 11 is 0. The van der Waals surface area contributed by atoms with Gasteiger partial charge in [-0.3, -0.25) is 9.69 Å². The van der Waals surface area contributed by atoms with E-state index in [0.29, 0.717) is 12.3 Å². The number of rotatable bonds is 8. The summed E-state index contributed by atoms with van der Waals surface area (Å²) in [7, 11) is 0. The topological polar surface area (TPSA) is 64.2 Å². The lowest BCUT2D eigenvalue weighted by Gasteiger charge is -2.32. The van der Waals surface area contributed by atoms with Crippen molar-refractivity contribution in [3.05, 3.63) is 30.1 Å². The highest BCUT2D eigenvalue weighted by Gasteiger charge is 2.22. The maximum Gasteiger partial charge on any atom is 0.217 e. The smallest absolute Gasteiger partial charge is 0.217 e. The highest BCUT2D eigenvalue weighted by Crippen LogP contribution is 2.24. The number of aromatic nitrogens is 2. The molecule has 1 aromatic heterocycles. The van der Waals surface area contributed by atoms with Gasteiger partial charge >= 0.3 is 0 Å². The minimum absolute atomic E-state index is 0.182. The molecule has 1 aliphatic heterocycles. The van der Waals surface area contributed by atoms with E-state index in [1.165, 1.54) is 37.0 Å². The van der Waals surface area contributed by atoms with Gasteiger partial charge in [0, 0.05) is 19.5 Å². The number of para-hydroxylation sites is 2. The first kappa shape index (κ1) is 17.9. The molecule has 25 heavy (non-hydrogen) atoms. The van der Waals surface area contributed by atoms with Crippen LogP contribution in [0.15, 0.2) is 24.3 Å². The molecule has 2 N–H and O–H groups in total. The Morgan fingerprint density at radius 1 is 1.36 bits per heavy atom. The van der Waals surface area contributed by atoms with Crippen LogP contribution in [0.3, 0.4) is 0 Å². The Morgan fingerprint density at radius 2 is 2.20 bits per heavy atom. The van der Waals surface area contributed by atoms with Crippen molar-refractivity contribution in [2.24, 2.45) is 11.7 Å². The summed E-state index contributed by atoms with van der Waals surface area (Å²) in [5.41, 5.74) is 7.65. The molecule has 0 aliphatic carbocycles. The highest BCUT2D eigenvalue weighted by molar-refractivity contribution is 5.75. The van der Waals surface area contributed by atoms with Gasteiger partial charge in [-0.05, 0) is 50.3 Å². The number of nitrogens with two attached hydrogens (primary N) is 1. The molecule has 0 radical (unpaired) electrons. The van der Waals surface area contributed by atoms with Crippen molar-refractivity contribution in [1.29, 1.82) is 0 Å². The Hall–Kier alpha value is -1.88. The van der Waals surface area contributed by atoms with Crippen molar-refractivity contribution in [3.63, 3.8) is 0 Å². The molecule has 2 heterocycles. The number of likely N-dealkylation sites (tertiary alicyclic amines) is 1. The molecule has 1 aromatic carbocycles. The van der Waals surface area contributed by atoms with Crippen molar-refractivity contribution < 1.29 is 4.79 Å². The summed E-state index contributed by atoms with van der Waals surface area (Å²) in [4.78, 5) is 18.5. The zero-order chi connectivity index (χ0) is 17.6. The standard InChI is InChI=1S/C20H30N4O/c1-2-3-13-24-18-9-5-4-8-17(18)22-20(24)15-23-12-6-7-16(14-23)10-11-19(21)25/h4-5,8-9,16H,2-3,6-7,10-15H2,1H3,(H2,21,25). The SMILES string of the molecule is CCCCn1c(CN2CCCC(CCC(N)=O)C2)nc2ccccc21. The first-order valence-electron chi connectivity index (χ1n) is 9.62. The number of carbonyl (C=O) groups is 1. The van der Waals surface area contributed by atoms with Crippen molar-refractivity contribution in [1.82, 2.24) is 14.5 Å². The van der Waals surface area contributed by atoms with Crippen LogP contribution in [0.5, 0.6) is 0 Å². The molecule has 5 nitrogen and oxygen atoms in total. The zero-order valence-electron chi connectivity index (χ0n) is 15.3. The predicted molar refractivity (Wildman–Crippen MR) is 101 cm³/mol. The van der Waals surface area contributed by atoms with Crippen LogP contribution in [-0.2, 0) is 17.9 Å². The number of unbranched alkanes of at least 4 members (excludes halogenated alkanes) is 1. The first-order valence-corrected chi connectivity index (χ1v) is 9.62. The predicted octanol–water partition coefficient (Wildman–Crippen LogP) is 3.31. The number of fused-ring (bicyclic) bond motifs is 1. The van der Waals surface area contributed by atoms with Gasteiger partial charge in [0.1, 0.15) is 5.82 Å². The number of aryl methyl sites for hydroxylation is 1. The fourth-order valence-electron chi connectivity index (χ4n) is 3.89. The minimum Gasteiger partial charge on any atom is -0.370 e. The molecule has 1 saturated heterocycles. The number of nitrogens with zero attached hydrogens (tertiary/aromatic N) is 3. The van der Waals surface area contributed by atoms with Gasteiger partial charge in [0.25, 0.3) is 0 Å². The molecule has 3 rings (SSSR count). The van der Waals surface area contributed by atoms with Crippen molar-refractivity contribution in [2.75, 3.05) is 13.1 Å². The molecule has 0 bridgehead atoms. The number of carbonyl (C=O) groups excluding carboxylic acids is 1. The Kier molecular flexibility index (Phi) is 6.08. The fraction of sp³-hybridized carbons (Fsp3) is 0.600. The molecular weight excluding hydrogens is 312 g/mol. The van der Waals surface area contributed by atoms with E-state index in [1.807, 2.05) is 0 Å². The molecule has 1 amide bonds. The lowest BCUT2D eigenvalue weighted by molar-refractivity contribution is -0.118. The molecule has 1 fully saturated rings. The molecule has 1 aliphatic rings. The second-order valence-corrected chi connectivity index (χ2v) is 7.27. The largest absolute Gasteiger partial charge is 0.370 e. The quantitative estimate of drug-likeness (QED) is 0.800. The third-order valence-electron chi connectivity index (χ3n) is 5.24. The molecule has 1 unspecified atom stereocenters. The number of hydrogen-bond donors (Lipinski definition) is 1. The monoisotopic (exact) mass is 342 g/mol. The van der Waals surface area contributed by atoms with Crippen LogP contribution in [0.4, 0.5) is 0 Å². The van der Waals surface area contributed by atoms with Gasteiger partial charge in [0.2, 0.25) is 5.91 Å². The molecule has 0 spiro atoms. The van der Waals surface area contributed by atoms with Crippen LogP contribution in [0.25, 0.3) is 11.0 Å². The molecule has 1 atom stereocenters. The van der Waals surface area contributed by atoms with Gasteiger partial charge in [-0.25, -0.2) is 4.98 Å². The van der Waals surface area contributed by atoms with Gasteiger partial charge in [0.05, 0.1) is 17.6 Å². The van der Waals surface area contributed by atoms with E-state index in [-0.39, 0.29) is 5.91 Å². The van der Waals surface area contributed by atoms with Crippen LogP contribution in [0.2, 0.25) is 0 Å². The summed E-state index contributed by atoms with van der Waals surface area (Å²) < 4.78 is 2.39. The van der Waals surface area contributed by atoms with Crippen LogP contribution in [-0.4, -0.2) is 33.4 Å². The normalized spacial score (nSPS) is 18.7. The van der Waals surface area contributed by atoms with E-state index >= 15 is 0 Å². The number of benzene rings is 1. The van der Waals surface area contributed by atoms with Gasteiger partial charge < -0.3 is 10.3 Å². The van der Waals surface area contributed by atoms with E-state index in [2.05, 4.69) is 40.7 Å². The molecule has 0 saturated carbocycles. The van der Waals surface area contributed by atoms with Gasteiger partial charge in [-0.15, -0.1) is 0 Å². The highest BCUT2D eigenvalue weighted by atomic mass is 16.1. The number of primary amides is 1. The van der Waals surface area contributed by atoms with Crippen molar-refractivity contribution in [3.8, 4) is 0 Å². The maximum absolute atomic E-state index is 11.1. The zero-order valence-corrected chi connectivity index (χ0v) is 15.3. The summed E-state index contributed by atoms with van der Waals surface area (Å²) in [6.07, 6.45) is 6.18. The first-order chi connectivity index (χ1) is 12.2. The van der Waals surface area contributed by atoms with Gasteiger partial charge in [0.15, 0.2) is 0 Å². The lowest BCUT2D eigenvalue weighted by Crippen LogP contribution is -2.36. The summed E-state index contributed by atoms with van der Waals surface area (Å²) in [6, 6.07) is 8.43. The average Bonchev–Trinajstić information content (AvgIpc) is 2.95. The van der Waals surface area contributed by atoms with E-state index in [1.54, 1.807) is 0 Å². The van der Waals surface area contributed by atoms with Gasteiger partial charge in [-0.2, -0.15) is 0 Å². The molecule has 2 aromatic rings. The summed E-state index contributed by atoms with van der Waals surface area (Å²) in [5.74, 6) is 1.57. The second-order valence-electron chi connectivity index (χ2n) is 7.27. The minimum atomic E-state index is -0.182. The number of amides is 1. The Bertz CT molecular complexity index is 709. The van der Waals surface area contributed by atoms with Crippen LogP contribution in [0.1, 0.15) is 51.3 Å². The molecular formula is C20H30N4O. The lowest BCUT2D eigenvalue weighted by atomic mass is 9.93. The Balaban J connectivity index is 1.72. The van der Waals surface area contributed by atoms with E-state index < -0.39 is 0 Å². The Labute approximate surface area is 150 Å².